The molecule has 2 aromatic heterocycles. The summed E-state index contributed by atoms with van der Waals surface area (Å²) in [5.74, 6) is 0. The van der Waals surface area contributed by atoms with Gasteiger partial charge in [-0.15, -0.1) is 0 Å². The Morgan fingerprint density at radius 2 is 2.12 bits per heavy atom. The monoisotopic (exact) mass is 336 g/mol. The second-order valence-electron chi connectivity index (χ2n) is 6.96. The molecular weight excluding hydrogens is 312 g/mol. The van der Waals surface area contributed by atoms with Crippen LogP contribution in [-0.4, -0.2) is 37.4 Å². The molecule has 1 fully saturated rings. The van der Waals surface area contributed by atoms with Gasteiger partial charge in [-0.3, -0.25) is 14.6 Å². The molecule has 0 radical (unpaired) electrons. The van der Waals surface area contributed by atoms with Crippen LogP contribution < -0.4 is 0 Å². The topological polar surface area (TPSA) is 54.2 Å². The molecule has 3 aromatic rings. The molecule has 0 aliphatic carbocycles. The first-order chi connectivity index (χ1) is 12.2. The highest BCUT2D eigenvalue weighted by Gasteiger charge is 2.27. The van der Waals surface area contributed by atoms with Gasteiger partial charge in [0.15, 0.2) is 0 Å². The second kappa shape index (κ2) is 6.94. The van der Waals surface area contributed by atoms with Crippen LogP contribution >= 0.6 is 0 Å². The number of nitrogens with zero attached hydrogens (tertiary/aromatic N) is 4. The Hall–Kier alpha value is -2.24. The van der Waals surface area contributed by atoms with Crippen molar-refractivity contribution in [3.8, 4) is 0 Å². The fourth-order valence-corrected chi connectivity index (χ4v) is 3.78. The summed E-state index contributed by atoms with van der Waals surface area (Å²) in [6.07, 6.45) is 6.26. The lowest BCUT2D eigenvalue weighted by Crippen LogP contribution is -2.30. The van der Waals surface area contributed by atoms with E-state index in [2.05, 4.69) is 34.3 Å². The predicted octanol–water partition coefficient (Wildman–Crippen LogP) is 3.06. The van der Waals surface area contributed by atoms with E-state index in [1.165, 1.54) is 11.8 Å². The Morgan fingerprint density at radius 1 is 1.24 bits per heavy atom. The van der Waals surface area contributed by atoms with Crippen LogP contribution in [0.1, 0.15) is 36.6 Å². The number of aromatic nitrogens is 3. The van der Waals surface area contributed by atoms with Crippen LogP contribution in [0.15, 0.2) is 48.8 Å². The summed E-state index contributed by atoms with van der Waals surface area (Å²) in [6.45, 7) is 1.91. The van der Waals surface area contributed by atoms with Gasteiger partial charge in [0.05, 0.1) is 23.5 Å². The SMILES string of the molecule is Cn1cc(C(O)CC2CCCN2Cc2ccc3ccccc3n2)cn1. The van der Waals surface area contributed by atoms with E-state index >= 15 is 0 Å². The van der Waals surface area contributed by atoms with Crippen molar-refractivity contribution < 1.29 is 5.11 Å². The number of fused-ring (bicyclic) bond motifs is 1. The molecule has 1 aliphatic rings. The fourth-order valence-electron chi connectivity index (χ4n) is 3.78. The van der Waals surface area contributed by atoms with Crippen LogP contribution in [0.4, 0.5) is 0 Å². The lowest BCUT2D eigenvalue weighted by atomic mass is 10.0. The number of benzene rings is 1. The number of likely N-dealkylation sites (tertiary alicyclic amines) is 1. The third-order valence-electron chi connectivity index (χ3n) is 5.13. The highest BCUT2D eigenvalue weighted by molar-refractivity contribution is 5.78. The average molecular weight is 336 g/mol. The highest BCUT2D eigenvalue weighted by atomic mass is 16.3. The molecule has 25 heavy (non-hydrogen) atoms. The van der Waals surface area contributed by atoms with E-state index in [1.807, 2.05) is 25.4 Å². The van der Waals surface area contributed by atoms with Crippen LogP contribution in [0, 0.1) is 0 Å². The van der Waals surface area contributed by atoms with E-state index < -0.39 is 6.10 Å². The van der Waals surface area contributed by atoms with Gasteiger partial charge in [-0.1, -0.05) is 24.3 Å². The molecule has 4 rings (SSSR count). The molecule has 0 saturated carbocycles. The Bertz CT molecular complexity index is 860. The Kier molecular flexibility index (Phi) is 4.51. The van der Waals surface area contributed by atoms with Crippen LogP contribution in [0.25, 0.3) is 10.9 Å². The van der Waals surface area contributed by atoms with Crippen molar-refractivity contribution in [2.75, 3.05) is 6.54 Å². The number of aliphatic hydroxyl groups excluding tert-OH is 1. The first-order valence-corrected chi connectivity index (χ1v) is 8.94. The minimum absolute atomic E-state index is 0.392. The smallest absolute Gasteiger partial charge is 0.0835 e. The third-order valence-corrected chi connectivity index (χ3v) is 5.13. The molecule has 1 aliphatic heterocycles. The summed E-state index contributed by atoms with van der Waals surface area (Å²) in [5.41, 5.74) is 3.05. The van der Waals surface area contributed by atoms with E-state index in [0.717, 1.165) is 42.7 Å². The fraction of sp³-hybridized carbons (Fsp3) is 0.400. The van der Waals surface area contributed by atoms with Gasteiger partial charge in [0, 0.05) is 36.8 Å². The molecule has 0 spiro atoms. The number of aryl methyl sites for hydroxylation is 1. The van der Waals surface area contributed by atoms with Gasteiger partial charge in [-0.25, -0.2) is 0 Å². The van der Waals surface area contributed by atoms with Gasteiger partial charge >= 0.3 is 0 Å². The Labute approximate surface area is 147 Å². The molecular formula is C20H24N4O. The molecule has 2 unspecified atom stereocenters. The van der Waals surface area contributed by atoms with Gasteiger partial charge in [-0.2, -0.15) is 5.10 Å². The third kappa shape index (κ3) is 3.57. The van der Waals surface area contributed by atoms with Gasteiger partial charge in [0.2, 0.25) is 0 Å². The molecule has 5 heteroatoms. The molecule has 1 N–H and O–H groups in total. The zero-order valence-corrected chi connectivity index (χ0v) is 14.5. The standard InChI is InChI=1S/C20H24N4O/c1-23-13-16(12-21-23)20(25)11-18-6-4-10-24(18)14-17-9-8-15-5-2-3-7-19(15)22-17/h2-3,5,7-9,12-13,18,20,25H,4,6,10-11,14H2,1H3. The van der Waals surface area contributed by atoms with Gasteiger partial charge in [-0.05, 0) is 37.9 Å². The van der Waals surface area contributed by atoms with E-state index in [4.69, 9.17) is 4.98 Å². The molecule has 2 atom stereocenters. The maximum Gasteiger partial charge on any atom is 0.0835 e. The molecule has 1 saturated heterocycles. The van der Waals surface area contributed by atoms with Crippen LogP contribution in [0.3, 0.4) is 0 Å². The summed E-state index contributed by atoms with van der Waals surface area (Å²) in [4.78, 5) is 7.25. The van der Waals surface area contributed by atoms with Gasteiger partial charge < -0.3 is 5.11 Å². The summed E-state index contributed by atoms with van der Waals surface area (Å²) in [6, 6.07) is 12.9. The molecule has 3 heterocycles. The van der Waals surface area contributed by atoms with Crippen molar-refractivity contribution in [3.63, 3.8) is 0 Å². The first-order valence-electron chi connectivity index (χ1n) is 8.94. The quantitative estimate of drug-likeness (QED) is 0.778. The molecule has 130 valence electrons. The van der Waals surface area contributed by atoms with Gasteiger partial charge in [0.25, 0.3) is 0 Å². The molecule has 0 bridgehead atoms. The maximum absolute atomic E-state index is 10.5. The van der Waals surface area contributed by atoms with Crippen molar-refractivity contribution in [1.29, 1.82) is 0 Å². The van der Waals surface area contributed by atoms with E-state index in [9.17, 15) is 5.11 Å². The number of hydrogen-bond donors (Lipinski definition) is 1. The maximum atomic E-state index is 10.5. The predicted molar refractivity (Wildman–Crippen MR) is 98.0 cm³/mol. The summed E-state index contributed by atoms with van der Waals surface area (Å²) < 4.78 is 1.74. The van der Waals surface area contributed by atoms with Crippen LogP contribution in [-0.2, 0) is 13.6 Å². The van der Waals surface area contributed by atoms with Gasteiger partial charge in [0.1, 0.15) is 0 Å². The second-order valence-corrected chi connectivity index (χ2v) is 6.96. The summed E-state index contributed by atoms with van der Waals surface area (Å²) in [7, 11) is 1.88. The lowest BCUT2D eigenvalue weighted by molar-refractivity contribution is 0.117. The van der Waals surface area contributed by atoms with E-state index in [0.29, 0.717) is 6.04 Å². The van der Waals surface area contributed by atoms with Crippen molar-refractivity contribution in [1.82, 2.24) is 19.7 Å². The van der Waals surface area contributed by atoms with Crippen molar-refractivity contribution in [3.05, 3.63) is 60.0 Å². The van der Waals surface area contributed by atoms with Crippen LogP contribution in [0.5, 0.6) is 0 Å². The first kappa shape index (κ1) is 16.2. The molecule has 0 amide bonds. The van der Waals surface area contributed by atoms with Crippen molar-refractivity contribution in [2.45, 2.75) is 38.0 Å². The molecule has 1 aromatic carbocycles. The normalized spacial score (nSPS) is 19.5. The highest BCUT2D eigenvalue weighted by Crippen LogP contribution is 2.28. The summed E-state index contributed by atoms with van der Waals surface area (Å²) in [5, 5.41) is 15.9. The van der Waals surface area contributed by atoms with E-state index in [-0.39, 0.29) is 0 Å². The lowest BCUT2D eigenvalue weighted by Gasteiger charge is -2.26. The van der Waals surface area contributed by atoms with Crippen LogP contribution in [0.2, 0.25) is 0 Å². The number of aliphatic hydroxyl groups is 1. The zero-order chi connectivity index (χ0) is 17.2. The zero-order valence-electron chi connectivity index (χ0n) is 14.5. The molecule has 5 nitrogen and oxygen atoms in total. The van der Waals surface area contributed by atoms with Crippen molar-refractivity contribution >= 4 is 10.9 Å². The largest absolute Gasteiger partial charge is 0.388 e. The average Bonchev–Trinajstić information content (AvgIpc) is 3.24. The minimum atomic E-state index is -0.455. The van der Waals surface area contributed by atoms with Crippen molar-refractivity contribution in [2.24, 2.45) is 7.05 Å². The van der Waals surface area contributed by atoms with E-state index in [1.54, 1.807) is 10.9 Å². The summed E-state index contributed by atoms with van der Waals surface area (Å²) >= 11 is 0. The Balaban J connectivity index is 1.45. The number of rotatable bonds is 5. The number of pyridine rings is 1. The Morgan fingerprint density at radius 3 is 2.96 bits per heavy atom. The number of para-hydroxylation sites is 1. The minimum Gasteiger partial charge on any atom is -0.388 e. The number of hydrogen-bond acceptors (Lipinski definition) is 4.